The van der Waals surface area contributed by atoms with E-state index in [0.29, 0.717) is 36.2 Å². The number of nitrogens with one attached hydrogen (secondary N) is 3. The van der Waals surface area contributed by atoms with Crippen molar-refractivity contribution in [3.8, 4) is 0 Å². The molecule has 0 saturated heterocycles. The number of fused-ring (bicyclic) bond motifs is 1. The lowest BCUT2D eigenvalue weighted by Gasteiger charge is -2.17. The number of pyridine rings is 1. The standard InChI is InChI=1S/C26H27F3N5O4P/c1-4-37-39(36,38-5-2)15-17-9-11-18(12-10-17)32-25-31-14-19(26(27,28)29)24(34-25)33-21-8-6-7-20-22(21)23(35)16(3)13-30-20/h6-14,36H,4-5,15H2,1-3H3,(H2-,30,31,32,33,34,35)/p+1. The van der Waals surface area contributed by atoms with Crippen LogP contribution < -0.4 is 16.1 Å². The molecule has 39 heavy (non-hydrogen) atoms. The largest absolute Gasteiger partial charge is 0.421 e. The number of aromatic nitrogens is 3. The molecule has 2 aromatic carbocycles. The fourth-order valence-electron chi connectivity index (χ4n) is 3.93. The number of rotatable bonds is 10. The first-order valence-electron chi connectivity index (χ1n) is 12.1. The van der Waals surface area contributed by atoms with Gasteiger partial charge in [-0.3, -0.25) is 4.79 Å². The molecule has 0 bridgehead atoms. The molecule has 4 aromatic rings. The number of halogens is 3. The fourth-order valence-corrected chi connectivity index (χ4v) is 5.66. The van der Waals surface area contributed by atoms with Crippen molar-refractivity contribution in [2.24, 2.45) is 0 Å². The predicted octanol–water partition coefficient (Wildman–Crippen LogP) is 6.46. The molecule has 0 aliphatic rings. The average molecular weight is 563 g/mol. The zero-order valence-electron chi connectivity index (χ0n) is 21.5. The number of hydrogen-bond acceptors (Lipinski definition) is 8. The summed E-state index contributed by atoms with van der Waals surface area (Å²) < 4.78 is 52.3. The first-order valence-corrected chi connectivity index (χ1v) is 13.9. The van der Waals surface area contributed by atoms with E-state index in [1.54, 1.807) is 63.4 Å². The van der Waals surface area contributed by atoms with Crippen LogP contribution in [-0.2, 0) is 21.4 Å². The summed E-state index contributed by atoms with van der Waals surface area (Å²) >= 11 is 0. The lowest BCUT2D eigenvalue weighted by Crippen LogP contribution is -2.14. The summed E-state index contributed by atoms with van der Waals surface area (Å²) in [6.45, 7) is 5.76. The van der Waals surface area contributed by atoms with Crippen molar-refractivity contribution in [1.29, 1.82) is 0 Å². The predicted molar refractivity (Wildman–Crippen MR) is 145 cm³/mol. The second kappa shape index (κ2) is 11.7. The van der Waals surface area contributed by atoms with Crippen LogP contribution in [0.1, 0.15) is 30.5 Å². The Kier molecular flexibility index (Phi) is 8.51. The van der Waals surface area contributed by atoms with Crippen molar-refractivity contribution in [2.75, 3.05) is 23.8 Å². The summed E-state index contributed by atoms with van der Waals surface area (Å²) in [7, 11) is -3.04. The maximum absolute atomic E-state index is 13.8. The van der Waals surface area contributed by atoms with E-state index in [4.69, 9.17) is 9.05 Å². The molecule has 206 valence electrons. The summed E-state index contributed by atoms with van der Waals surface area (Å²) in [5, 5.41) is 5.80. The van der Waals surface area contributed by atoms with Crippen LogP contribution in [0.15, 0.2) is 59.7 Å². The molecule has 0 saturated carbocycles. The van der Waals surface area contributed by atoms with Gasteiger partial charge in [0.25, 0.3) is 0 Å². The maximum Gasteiger partial charge on any atom is 0.421 e. The first-order chi connectivity index (χ1) is 18.5. The molecule has 9 nitrogen and oxygen atoms in total. The average Bonchev–Trinajstić information content (AvgIpc) is 2.87. The highest BCUT2D eigenvalue weighted by molar-refractivity contribution is 7.59. The van der Waals surface area contributed by atoms with Gasteiger partial charge in [0.2, 0.25) is 5.95 Å². The summed E-state index contributed by atoms with van der Waals surface area (Å²) in [6.07, 6.45) is -2.33. The Morgan fingerprint density at radius 2 is 1.74 bits per heavy atom. The molecule has 0 radical (unpaired) electrons. The summed E-state index contributed by atoms with van der Waals surface area (Å²) in [4.78, 5) is 34.3. The Morgan fingerprint density at radius 3 is 2.38 bits per heavy atom. The number of benzene rings is 2. The SMILES string of the molecule is CCO[P+](O)(Cc1ccc(Nc2ncc(C(F)(F)F)c(Nc3cccc4[nH]cc(C)c(=O)c34)n2)cc1)OCC. The molecule has 0 aliphatic carbocycles. The minimum atomic E-state index is -4.74. The smallest absolute Gasteiger partial charge is 0.361 e. The molecule has 0 spiro atoms. The van der Waals surface area contributed by atoms with E-state index >= 15 is 0 Å². The molecule has 0 unspecified atom stereocenters. The second-order valence-corrected chi connectivity index (χ2v) is 10.7. The normalized spacial score (nSPS) is 12.1. The van der Waals surface area contributed by atoms with E-state index in [1.165, 1.54) is 6.07 Å². The molecule has 0 amide bonds. The maximum atomic E-state index is 13.8. The zero-order valence-corrected chi connectivity index (χ0v) is 22.4. The number of anilines is 4. The van der Waals surface area contributed by atoms with Gasteiger partial charge in [0, 0.05) is 23.6 Å². The van der Waals surface area contributed by atoms with Gasteiger partial charge >= 0.3 is 14.1 Å². The lowest BCUT2D eigenvalue weighted by molar-refractivity contribution is -0.137. The van der Waals surface area contributed by atoms with E-state index in [0.717, 1.165) is 5.56 Å². The molecule has 4 N–H and O–H groups in total. The van der Waals surface area contributed by atoms with E-state index in [-0.39, 0.29) is 28.6 Å². The fraction of sp³-hybridized carbons (Fsp3) is 0.269. The Morgan fingerprint density at radius 1 is 1.05 bits per heavy atom. The Bertz CT molecular complexity index is 1510. The molecule has 4 rings (SSSR count). The van der Waals surface area contributed by atoms with Crippen LogP contribution in [0, 0.1) is 6.92 Å². The van der Waals surface area contributed by atoms with Gasteiger partial charge in [0.1, 0.15) is 11.4 Å². The van der Waals surface area contributed by atoms with Crippen LogP contribution in [0.2, 0.25) is 0 Å². The number of hydrogen-bond donors (Lipinski definition) is 4. The van der Waals surface area contributed by atoms with Crippen LogP contribution in [0.25, 0.3) is 10.9 Å². The van der Waals surface area contributed by atoms with Crippen molar-refractivity contribution < 1.29 is 27.1 Å². The highest BCUT2D eigenvalue weighted by atomic mass is 31.2. The topological polar surface area (TPSA) is 121 Å². The minimum Gasteiger partial charge on any atom is -0.361 e. The summed E-state index contributed by atoms with van der Waals surface area (Å²) in [6, 6.07) is 11.6. The van der Waals surface area contributed by atoms with Gasteiger partial charge in [-0.15, -0.1) is 0 Å². The van der Waals surface area contributed by atoms with E-state index in [2.05, 4.69) is 25.6 Å². The summed E-state index contributed by atoms with van der Waals surface area (Å²) in [5.41, 5.74) is 0.942. The van der Waals surface area contributed by atoms with Gasteiger partial charge in [-0.1, -0.05) is 18.2 Å². The third-order valence-electron chi connectivity index (χ3n) is 5.70. The second-order valence-electron chi connectivity index (χ2n) is 8.56. The van der Waals surface area contributed by atoms with Gasteiger partial charge in [-0.05, 0) is 50.6 Å². The van der Waals surface area contributed by atoms with Gasteiger partial charge in [-0.2, -0.15) is 32.1 Å². The van der Waals surface area contributed by atoms with Crippen molar-refractivity contribution in [3.63, 3.8) is 0 Å². The van der Waals surface area contributed by atoms with Crippen LogP contribution >= 0.6 is 7.94 Å². The van der Waals surface area contributed by atoms with Crippen molar-refractivity contribution in [3.05, 3.63) is 81.8 Å². The highest BCUT2D eigenvalue weighted by Gasteiger charge is 2.40. The minimum absolute atomic E-state index is 0.0868. The number of nitrogens with zero attached hydrogens (tertiary/aromatic N) is 2. The molecular weight excluding hydrogens is 534 g/mol. The third kappa shape index (κ3) is 6.72. The van der Waals surface area contributed by atoms with E-state index in [9.17, 15) is 22.9 Å². The zero-order chi connectivity index (χ0) is 28.2. The molecular formula is C26H28F3N5O4P+. The van der Waals surface area contributed by atoms with Gasteiger partial charge < -0.3 is 15.6 Å². The molecule has 0 atom stereocenters. The lowest BCUT2D eigenvalue weighted by atomic mass is 10.1. The Labute approximate surface area is 223 Å². The Hall–Kier alpha value is -3.57. The van der Waals surface area contributed by atoms with Crippen molar-refractivity contribution in [2.45, 2.75) is 33.1 Å². The highest BCUT2D eigenvalue weighted by Crippen LogP contribution is 2.59. The number of alkyl halides is 3. The van der Waals surface area contributed by atoms with Gasteiger partial charge in [0.15, 0.2) is 11.6 Å². The molecule has 2 heterocycles. The van der Waals surface area contributed by atoms with Gasteiger partial charge in [0.05, 0.1) is 29.8 Å². The van der Waals surface area contributed by atoms with Crippen LogP contribution in [0.3, 0.4) is 0 Å². The molecule has 0 aliphatic heterocycles. The molecule has 2 aromatic heterocycles. The summed E-state index contributed by atoms with van der Waals surface area (Å²) in [5.74, 6) is -0.593. The quantitative estimate of drug-likeness (QED) is 0.163. The first kappa shape index (κ1) is 28.4. The van der Waals surface area contributed by atoms with Crippen LogP contribution in [0.4, 0.5) is 36.3 Å². The van der Waals surface area contributed by atoms with E-state index < -0.39 is 25.5 Å². The van der Waals surface area contributed by atoms with Crippen LogP contribution in [0.5, 0.6) is 0 Å². The Balaban J connectivity index is 1.62. The van der Waals surface area contributed by atoms with Crippen molar-refractivity contribution >= 4 is 42.0 Å². The third-order valence-corrected chi connectivity index (χ3v) is 7.78. The monoisotopic (exact) mass is 562 g/mol. The number of aromatic amines is 1. The molecule has 0 fully saturated rings. The van der Waals surface area contributed by atoms with Crippen LogP contribution in [-0.4, -0.2) is 33.1 Å². The van der Waals surface area contributed by atoms with E-state index in [1.807, 2.05) is 0 Å². The van der Waals surface area contributed by atoms with Crippen molar-refractivity contribution in [1.82, 2.24) is 15.0 Å². The number of H-pyrrole nitrogens is 1. The van der Waals surface area contributed by atoms with Gasteiger partial charge in [-0.25, -0.2) is 4.98 Å². The number of aryl methyl sites for hydroxylation is 1. The molecule has 13 heteroatoms.